The summed E-state index contributed by atoms with van der Waals surface area (Å²) in [6, 6.07) is 4.02. The molecule has 0 fully saturated rings. The van der Waals surface area contributed by atoms with Gasteiger partial charge >= 0.3 is 0 Å². The van der Waals surface area contributed by atoms with E-state index in [9.17, 15) is 9.18 Å². The van der Waals surface area contributed by atoms with Crippen molar-refractivity contribution >= 4 is 11.6 Å². The Morgan fingerprint density at radius 3 is 2.53 bits per heavy atom. The number of carbonyl (C=O) groups excluding carboxylic acids is 1. The zero-order chi connectivity index (χ0) is 14.4. The second-order valence-electron chi connectivity index (χ2n) is 4.43. The van der Waals surface area contributed by atoms with Crippen LogP contribution in [0.5, 0.6) is 0 Å². The van der Waals surface area contributed by atoms with Crippen molar-refractivity contribution in [3.05, 3.63) is 29.6 Å². The zero-order valence-electron chi connectivity index (χ0n) is 11.4. The molecule has 0 atom stereocenters. The van der Waals surface area contributed by atoms with Crippen LogP contribution in [-0.4, -0.2) is 35.1 Å². The molecular formula is C14H21FN2O2. The number of hydrogen-bond acceptors (Lipinski definition) is 3. The highest BCUT2D eigenvalue weighted by molar-refractivity contribution is 5.95. The summed E-state index contributed by atoms with van der Waals surface area (Å²) in [7, 11) is 0. The molecule has 19 heavy (non-hydrogen) atoms. The number of anilines is 1. The number of halogens is 1. The molecule has 106 valence electrons. The van der Waals surface area contributed by atoms with Gasteiger partial charge in [-0.3, -0.25) is 4.79 Å². The molecule has 1 aromatic carbocycles. The first-order valence-corrected chi connectivity index (χ1v) is 6.51. The minimum atomic E-state index is -0.626. The van der Waals surface area contributed by atoms with E-state index in [2.05, 4.69) is 0 Å². The number of carbonyl (C=O) groups is 1. The van der Waals surface area contributed by atoms with Gasteiger partial charge in [0, 0.05) is 18.3 Å². The number of amides is 1. The maximum absolute atomic E-state index is 13.8. The van der Waals surface area contributed by atoms with Crippen LogP contribution in [0, 0.1) is 5.82 Å². The van der Waals surface area contributed by atoms with Crippen LogP contribution in [0.25, 0.3) is 0 Å². The third kappa shape index (κ3) is 3.67. The van der Waals surface area contributed by atoms with E-state index in [1.54, 1.807) is 0 Å². The van der Waals surface area contributed by atoms with Gasteiger partial charge in [-0.1, -0.05) is 13.8 Å². The molecular weight excluding hydrogens is 247 g/mol. The van der Waals surface area contributed by atoms with E-state index >= 15 is 0 Å². The minimum Gasteiger partial charge on any atom is -0.399 e. The Bertz CT molecular complexity index is 433. The lowest BCUT2D eigenvalue weighted by atomic mass is 10.1. The smallest absolute Gasteiger partial charge is 0.257 e. The molecule has 0 bridgehead atoms. The molecule has 0 saturated carbocycles. The normalized spacial score (nSPS) is 10.8. The largest absolute Gasteiger partial charge is 0.399 e. The minimum absolute atomic E-state index is 0.00315. The Hall–Kier alpha value is -1.62. The maximum Gasteiger partial charge on any atom is 0.257 e. The highest BCUT2D eigenvalue weighted by atomic mass is 19.1. The standard InChI is InChI=1S/C14H21FN2O2/c1-3-11(4-2)17(7-8-18)14(19)12-6-5-10(16)9-13(12)15/h5-6,9,11,18H,3-4,7-8,16H2,1-2H3. The van der Waals surface area contributed by atoms with E-state index < -0.39 is 11.7 Å². The Kier molecular flexibility index (Phi) is 5.76. The number of hydrogen-bond donors (Lipinski definition) is 2. The molecule has 0 aliphatic rings. The summed E-state index contributed by atoms with van der Waals surface area (Å²) in [4.78, 5) is 13.9. The molecule has 1 aromatic rings. The van der Waals surface area contributed by atoms with Gasteiger partial charge in [0.15, 0.2) is 0 Å². The molecule has 0 unspecified atom stereocenters. The van der Waals surface area contributed by atoms with Crippen molar-refractivity contribution in [2.24, 2.45) is 0 Å². The molecule has 1 rings (SSSR count). The van der Waals surface area contributed by atoms with Gasteiger partial charge in [0.2, 0.25) is 0 Å². The summed E-state index contributed by atoms with van der Waals surface area (Å²) in [6.45, 7) is 3.99. The topological polar surface area (TPSA) is 66.6 Å². The van der Waals surface area contributed by atoms with Gasteiger partial charge in [-0.15, -0.1) is 0 Å². The van der Waals surface area contributed by atoms with E-state index in [1.165, 1.54) is 17.0 Å². The average Bonchev–Trinajstić information content (AvgIpc) is 2.38. The van der Waals surface area contributed by atoms with E-state index in [0.717, 1.165) is 18.9 Å². The molecule has 0 aliphatic heterocycles. The fourth-order valence-corrected chi connectivity index (χ4v) is 2.15. The Labute approximate surface area is 113 Å². The van der Waals surface area contributed by atoms with Crippen LogP contribution in [-0.2, 0) is 0 Å². The van der Waals surface area contributed by atoms with E-state index in [-0.39, 0.29) is 30.4 Å². The number of rotatable bonds is 6. The van der Waals surface area contributed by atoms with Gasteiger partial charge in [-0.05, 0) is 31.0 Å². The van der Waals surface area contributed by atoms with Crippen LogP contribution in [0.2, 0.25) is 0 Å². The van der Waals surface area contributed by atoms with Crippen molar-refractivity contribution in [3.8, 4) is 0 Å². The second-order valence-corrected chi connectivity index (χ2v) is 4.43. The summed E-state index contributed by atoms with van der Waals surface area (Å²) in [5, 5.41) is 9.08. The molecule has 0 saturated heterocycles. The molecule has 4 nitrogen and oxygen atoms in total. The number of nitrogens with zero attached hydrogens (tertiary/aromatic N) is 1. The monoisotopic (exact) mass is 268 g/mol. The highest BCUT2D eigenvalue weighted by Gasteiger charge is 2.24. The van der Waals surface area contributed by atoms with Gasteiger partial charge in [-0.25, -0.2) is 4.39 Å². The van der Waals surface area contributed by atoms with Gasteiger partial charge in [-0.2, -0.15) is 0 Å². The van der Waals surface area contributed by atoms with E-state index in [0.29, 0.717) is 0 Å². The summed E-state index contributed by atoms with van der Waals surface area (Å²) in [6.07, 6.45) is 1.53. The van der Waals surface area contributed by atoms with Gasteiger partial charge in [0.25, 0.3) is 5.91 Å². The second kappa shape index (κ2) is 7.09. The fraction of sp³-hybridized carbons (Fsp3) is 0.500. The fourth-order valence-electron chi connectivity index (χ4n) is 2.15. The predicted octanol–water partition coefficient (Wildman–Crippen LogP) is 2.03. The van der Waals surface area contributed by atoms with Crippen molar-refractivity contribution in [3.63, 3.8) is 0 Å². The number of benzene rings is 1. The van der Waals surface area contributed by atoms with Crippen LogP contribution in [0.4, 0.5) is 10.1 Å². The SMILES string of the molecule is CCC(CC)N(CCO)C(=O)c1ccc(N)cc1F. The van der Waals surface area contributed by atoms with Crippen LogP contribution < -0.4 is 5.73 Å². The average molecular weight is 268 g/mol. The van der Waals surface area contributed by atoms with Gasteiger partial charge < -0.3 is 15.7 Å². The van der Waals surface area contributed by atoms with Crippen LogP contribution in [0.1, 0.15) is 37.0 Å². The lowest BCUT2D eigenvalue weighted by Gasteiger charge is -2.30. The number of nitrogens with two attached hydrogens (primary N) is 1. The lowest BCUT2D eigenvalue weighted by Crippen LogP contribution is -2.42. The van der Waals surface area contributed by atoms with Crippen LogP contribution in [0.3, 0.4) is 0 Å². The first-order chi connectivity index (χ1) is 9.04. The van der Waals surface area contributed by atoms with Crippen LogP contribution >= 0.6 is 0 Å². The zero-order valence-corrected chi connectivity index (χ0v) is 11.4. The molecule has 0 heterocycles. The summed E-state index contributed by atoms with van der Waals surface area (Å²) in [5.41, 5.74) is 5.75. The van der Waals surface area contributed by atoms with Crippen molar-refractivity contribution in [2.75, 3.05) is 18.9 Å². The Morgan fingerprint density at radius 1 is 1.42 bits per heavy atom. The Morgan fingerprint density at radius 2 is 2.05 bits per heavy atom. The molecule has 0 radical (unpaired) electrons. The predicted molar refractivity (Wildman–Crippen MR) is 73.3 cm³/mol. The molecule has 0 aromatic heterocycles. The summed E-state index contributed by atoms with van der Waals surface area (Å²) in [5.74, 6) is -1.03. The van der Waals surface area contributed by atoms with E-state index in [4.69, 9.17) is 10.8 Å². The number of aliphatic hydroxyl groups excluding tert-OH is 1. The molecule has 0 aliphatic carbocycles. The first-order valence-electron chi connectivity index (χ1n) is 6.51. The summed E-state index contributed by atoms with van der Waals surface area (Å²) < 4.78 is 13.8. The van der Waals surface area contributed by atoms with E-state index in [1.807, 2.05) is 13.8 Å². The first kappa shape index (κ1) is 15.4. The lowest BCUT2D eigenvalue weighted by molar-refractivity contribution is 0.0617. The molecule has 0 spiro atoms. The summed E-state index contributed by atoms with van der Waals surface area (Å²) >= 11 is 0. The van der Waals surface area contributed by atoms with Crippen molar-refractivity contribution < 1.29 is 14.3 Å². The van der Waals surface area contributed by atoms with Gasteiger partial charge in [0.1, 0.15) is 5.82 Å². The third-order valence-corrected chi connectivity index (χ3v) is 3.21. The highest BCUT2D eigenvalue weighted by Crippen LogP contribution is 2.17. The third-order valence-electron chi connectivity index (χ3n) is 3.21. The molecule has 5 heteroatoms. The quantitative estimate of drug-likeness (QED) is 0.776. The molecule has 1 amide bonds. The van der Waals surface area contributed by atoms with Crippen LogP contribution in [0.15, 0.2) is 18.2 Å². The number of aliphatic hydroxyl groups is 1. The maximum atomic E-state index is 13.8. The van der Waals surface area contributed by atoms with Crippen molar-refractivity contribution in [1.82, 2.24) is 4.90 Å². The molecule has 3 N–H and O–H groups in total. The van der Waals surface area contributed by atoms with Crippen molar-refractivity contribution in [1.29, 1.82) is 0 Å². The number of nitrogen functional groups attached to an aromatic ring is 1. The van der Waals surface area contributed by atoms with Gasteiger partial charge in [0.05, 0.1) is 12.2 Å². The van der Waals surface area contributed by atoms with Crippen molar-refractivity contribution in [2.45, 2.75) is 32.7 Å². The Balaban J connectivity index is 3.04.